The molecular weight excluding hydrogens is 380 g/mol. The van der Waals surface area contributed by atoms with Crippen LogP contribution >= 0.6 is 0 Å². The molecule has 2 aromatic heterocycles. The van der Waals surface area contributed by atoms with Crippen molar-refractivity contribution in [3.05, 3.63) is 60.2 Å². The van der Waals surface area contributed by atoms with E-state index in [4.69, 9.17) is 19.2 Å². The van der Waals surface area contributed by atoms with Crippen molar-refractivity contribution >= 4 is 5.95 Å². The molecule has 1 unspecified atom stereocenters. The maximum Gasteiger partial charge on any atom is 0.222 e. The lowest BCUT2D eigenvalue weighted by molar-refractivity contribution is 0.109. The largest absolute Gasteiger partial charge is 0.493 e. The van der Waals surface area contributed by atoms with Gasteiger partial charge in [-0.3, -0.25) is 4.98 Å². The van der Waals surface area contributed by atoms with Gasteiger partial charge in [0.25, 0.3) is 0 Å². The number of rotatable bonds is 8. The van der Waals surface area contributed by atoms with Crippen LogP contribution in [0, 0.1) is 0 Å². The lowest BCUT2D eigenvalue weighted by Crippen LogP contribution is -2.11. The molecule has 156 valence electrons. The average Bonchev–Trinajstić information content (AvgIpc) is 3.34. The second-order valence-electron chi connectivity index (χ2n) is 7.10. The van der Waals surface area contributed by atoms with Gasteiger partial charge in [-0.1, -0.05) is 6.07 Å². The molecule has 30 heavy (non-hydrogen) atoms. The number of anilines is 1. The number of benzene rings is 1. The van der Waals surface area contributed by atoms with Crippen molar-refractivity contribution in [2.24, 2.45) is 0 Å². The highest BCUT2D eigenvalue weighted by Gasteiger charge is 2.23. The Hall–Kier alpha value is -3.19. The lowest BCUT2D eigenvalue weighted by atomic mass is 10.0. The molecule has 0 aliphatic carbocycles. The van der Waals surface area contributed by atoms with Gasteiger partial charge in [-0.2, -0.15) is 0 Å². The van der Waals surface area contributed by atoms with E-state index in [9.17, 15) is 0 Å². The molecule has 3 aromatic rings. The summed E-state index contributed by atoms with van der Waals surface area (Å²) in [6.45, 7) is 1.47. The third-order valence-corrected chi connectivity index (χ3v) is 5.19. The Morgan fingerprint density at radius 1 is 1.10 bits per heavy atom. The smallest absolute Gasteiger partial charge is 0.222 e. The SMILES string of the molecule is COc1ccc(CCNc2ncc(-c3ccncc3)c(C3CCCO3)n2)cc1OC. The summed E-state index contributed by atoms with van der Waals surface area (Å²) in [6.07, 6.45) is 8.27. The Balaban J connectivity index is 1.49. The third-order valence-electron chi connectivity index (χ3n) is 5.19. The Morgan fingerprint density at radius 3 is 2.67 bits per heavy atom. The highest BCUT2D eigenvalue weighted by molar-refractivity contribution is 5.65. The van der Waals surface area contributed by atoms with Crippen molar-refractivity contribution in [3.8, 4) is 22.6 Å². The van der Waals surface area contributed by atoms with Crippen LogP contribution in [0.15, 0.2) is 48.9 Å². The topological polar surface area (TPSA) is 78.4 Å². The minimum Gasteiger partial charge on any atom is -0.493 e. The van der Waals surface area contributed by atoms with Crippen LogP contribution in [0.25, 0.3) is 11.1 Å². The molecule has 3 heterocycles. The highest BCUT2D eigenvalue weighted by Crippen LogP contribution is 2.34. The minimum atomic E-state index is 0.00237. The predicted molar refractivity (Wildman–Crippen MR) is 115 cm³/mol. The van der Waals surface area contributed by atoms with Gasteiger partial charge in [-0.15, -0.1) is 0 Å². The quantitative estimate of drug-likeness (QED) is 0.604. The van der Waals surface area contributed by atoms with Crippen molar-refractivity contribution in [1.82, 2.24) is 15.0 Å². The number of pyridine rings is 1. The van der Waals surface area contributed by atoms with Gasteiger partial charge in [0.1, 0.15) is 6.10 Å². The first-order valence-corrected chi connectivity index (χ1v) is 10.1. The van der Waals surface area contributed by atoms with Crippen molar-refractivity contribution in [1.29, 1.82) is 0 Å². The number of nitrogens with zero attached hydrogens (tertiary/aromatic N) is 3. The van der Waals surface area contributed by atoms with E-state index in [0.29, 0.717) is 12.5 Å². The van der Waals surface area contributed by atoms with Crippen LogP contribution in [-0.2, 0) is 11.2 Å². The monoisotopic (exact) mass is 406 g/mol. The molecule has 7 nitrogen and oxygen atoms in total. The first kappa shape index (κ1) is 20.1. The first-order valence-electron chi connectivity index (χ1n) is 10.1. The molecule has 0 spiro atoms. The fourth-order valence-corrected chi connectivity index (χ4v) is 3.63. The number of hydrogen-bond acceptors (Lipinski definition) is 7. The molecule has 4 rings (SSSR count). The van der Waals surface area contributed by atoms with Gasteiger partial charge in [0, 0.05) is 37.3 Å². The zero-order valence-electron chi connectivity index (χ0n) is 17.3. The minimum absolute atomic E-state index is 0.00237. The molecule has 0 saturated carbocycles. The Morgan fingerprint density at radius 2 is 1.93 bits per heavy atom. The van der Waals surface area contributed by atoms with E-state index in [-0.39, 0.29) is 6.10 Å². The van der Waals surface area contributed by atoms with Crippen molar-refractivity contribution < 1.29 is 14.2 Å². The Bertz CT molecular complexity index is 975. The van der Waals surface area contributed by atoms with Gasteiger partial charge in [0.2, 0.25) is 5.95 Å². The van der Waals surface area contributed by atoms with Crippen LogP contribution in [0.1, 0.15) is 30.2 Å². The van der Waals surface area contributed by atoms with Crippen LogP contribution in [0.4, 0.5) is 5.95 Å². The molecule has 1 aliphatic rings. The zero-order valence-corrected chi connectivity index (χ0v) is 17.3. The molecule has 0 radical (unpaired) electrons. The van der Waals surface area contributed by atoms with E-state index in [1.807, 2.05) is 36.5 Å². The molecule has 1 fully saturated rings. The normalized spacial score (nSPS) is 15.7. The predicted octanol–water partition coefficient (Wildman–Crippen LogP) is 4.06. The summed E-state index contributed by atoms with van der Waals surface area (Å²) in [6, 6.07) is 9.90. The fourth-order valence-electron chi connectivity index (χ4n) is 3.63. The summed E-state index contributed by atoms with van der Waals surface area (Å²) >= 11 is 0. The van der Waals surface area contributed by atoms with E-state index >= 15 is 0 Å². The summed E-state index contributed by atoms with van der Waals surface area (Å²) in [5.74, 6) is 2.07. The second-order valence-corrected chi connectivity index (χ2v) is 7.10. The first-order chi connectivity index (χ1) is 14.8. The van der Waals surface area contributed by atoms with Gasteiger partial charge in [0.15, 0.2) is 11.5 Å². The molecule has 1 aromatic carbocycles. The number of methoxy groups -OCH3 is 2. The average molecular weight is 406 g/mol. The van der Waals surface area contributed by atoms with E-state index in [2.05, 4.69) is 15.3 Å². The molecule has 7 heteroatoms. The lowest BCUT2D eigenvalue weighted by Gasteiger charge is -2.16. The second kappa shape index (κ2) is 9.54. The van der Waals surface area contributed by atoms with E-state index in [0.717, 1.165) is 59.8 Å². The number of ether oxygens (including phenoxy) is 3. The summed E-state index contributed by atoms with van der Waals surface area (Å²) < 4.78 is 16.6. The maximum absolute atomic E-state index is 5.92. The van der Waals surface area contributed by atoms with Crippen LogP contribution in [0.2, 0.25) is 0 Å². The van der Waals surface area contributed by atoms with Crippen molar-refractivity contribution in [2.45, 2.75) is 25.4 Å². The summed E-state index contributed by atoms with van der Waals surface area (Å²) in [4.78, 5) is 13.5. The molecular formula is C23H26N4O3. The summed E-state index contributed by atoms with van der Waals surface area (Å²) in [5.41, 5.74) is 4.12. The molecule has 1 aliphatic heterocycles. The standard InChI is InChI=1S/C23H26N4O3/c1-28-19-6-5-16(14-21(19)29-2)7-12-25-23-26-15-18(17-8-10-24-11-9-17)22(27-23)20-4-3-13-30-20/h5-6,8-11,14-15,20H,3-4,7,12-13H2,1-2H3,(H,25,26,27). The summed E-state index contributed by atoms with van der Waals surface area (Å²) in [5, 5.41) is 3.34. The summed E-state index contributed by atoms with van der Waals surface area (Å²) in [7, 11) is 3.28. The van der Waals surface area contributed by atoms with Crippen LogP contribution < -0.4 is 14.8 Å². The third kappa shape index (κ3) is 4.52. The van der Waals surface area contributed by atoms with Gasteiger partial charge < -0.3 is 19.5 Å². The molecule has 0 bridgehead atoms. The van der Waals surface area contributed by atoms with Gasteiger partial charge in [-0.05, 0) is 54.7 Å². The highest BCUT2D eigenvalue weighted by atomic mass is 16.5. The zero-order chi connectivity index (χ0) is 20.8. The van der Waals surface area contributed by atoms with Gasteiger partial charge >= 0.3 is 0 Å². The van der Waals surface area contributed by atoms with E-state index < -0.39 is 0 Å². The number of nitrogens with one attached hydrogen (secondary N) is 1. The van der Waals surface area contributed by atoms with Crippen LogP contribution in [0.5, 0.6) is 11.5 Å². The maximum atomic E-state index is 5.92. The van der Waals surface area contributed by atoms with E-state index in [1.165, 1.54) is 0 Å². The molecule has 0 amide bonds. The Labute approximate surface area is 176 Å². The molecule has 1 saturated heterocycles. The van der Waals surface area contributed by atoms with E-state index in [1.54, 1.807) is 26.6 Å². The number of hydrogen-bond donors (Lipinski definition) is 1. The van der Waals surface area contributed by atoms with Gasteiger partial charge in [-0.25, -0.2) is 9.97 Å². The van der Waals surface area contributed by atoms with Crippen LogP contribution in [0.3, 0.4) is 0 Å². The fraction of sp³-hybridized carbons (Fsp3) is 0.348. The van der Waals surface area contributed by atoms with Crippen LogP contribution in [-0.4, -0.2) is 42.3 Å². The van der Waals surface area contributed by atoms with Gasteiger partial charge in [0.05, 0.1) is 19.9 Å². The Kier molecular flexibility index (Phi) is 6.39. The van der Waals surface area contributed by atoms with Crippen molar-refractivity contribution in [3.63, 3.8) is 0 Å². The number of aromatic nitrogens is 3. The van der Waals surface area contributed by atoms with Crippen molar-refractivity contribution in [2.75, 3.05) is 32.7 Å². The molecule has 1 atom stereocenters. The molecule has 1 N–H and O–H groups in total.